The molecule has 0 radical (unpaired) electrons. The van der Waals surface area contributed by atoms with E-state index >= 15 is 0 Å². The van der Waals surface area contributed by atoms with Crippen molar-refractivity contribution in [3.05, 3.63) is 28.7 Å². The number of hydrogen-bond donors (Lipinski definition) is 3. The first-order valence-corrected chi connectivity index (χ1v) is 4.48. The Labute approximate surface area is 103 Å². The number of hydrogen-bond acceptors (Lipinski definition) is 4. The summed E-state index contributed by atoms with van der Waals surface area (Å²) < 4.78 is 30.1. The average molecular weight is 247 g/mol. The van der Waals surface area contributed by atoms with E-state index in [4.69, 9.17) is 33.7 Å². The molecular formula is C10H11ClN2O3. The van der Waals surface area contributed by atoms with E-state index in [1.807, 2.05) is 0 Å². The predicted molar refractivity (Wildman–Crippen MR) is 60.4 cm³/mol. The number of Topliss-reactive ketones (excluding diaryl/α,β-unsaturated/α-hetero) is 1. The second kappa shape index (κ2) is 4.96. The molecule has 0 aliphatic heterocycles. The summed E-state index contributed by atoms with van der Waals surface area (Å²) in [7, 11) is 0. The number of anilines is 1. The molecule has 0 aliphatic rings. The van der Waals surface area contributed by atoms with Gasteiger partial charge in [-0.3, -0.25) is 9.59 Å². The van der Waals surface area contributed by atoms with Crippen LogP contribution in [0.5, 0.6) is 0 Å². The zero-order valence-electron chi connectivity index (χ0n) is 12.0. The molecule has 16 heavy (non-hydrogen) atoms. The van der Waals surface area contributed by atoms with Crippen molar-refractivity contribution in [3.63, 3.8) is 0 Å². The molecule has 1 aromatic rings. The summed E-state index contributed by atoms with van der Waals surface area (Å²) in [5.74, 6) is -3.09. The molecule has 1 aromatic carbocycles. The Morgan fingerprint density at radius 3 is 2.88 bits per heavy atom. The molecule has 1 atom stereocenters. The maximum atomic E-state index is 12.1. The lowest BCUT2D eigenvalue weighted by Crippen LogP contribution is -2.32. The van der Waals surface area contributed by atoms with Crippen molar-refractivity contribution in [1.29, 1.82) is 0 Å². The highest BCUT2D eigenvalue weighted by Gasteiger charge is 2.18. The minimum Gasteiger partial charge on any atom is -0.480 e. The van der Waals surface area contributed by atoms with Gasteiger partial charge >= 0.3 is 5.97 Å². The number of nitrogen functional groups attached to an aromatic ring is 1. The molecule has 5 N–H and O–H groups in total. The maximum Gasteiger partial charge on any atom is 0.320 e. The first-order valence-electron chi connectivity index (χ1n) is 6.10. The number of aliphatic carboxylic acids is 1. The summed E-state index contributed by atoms with van der Waals surface area (Å²) in [6, 6.07) is -2.12. The van der Waals surface area contributed by atoms with Crippen molar-refractivity contribution in [3.8, 4) is 0 Å². The lowest BCUT2D eigenvalue weighted by atomic mass is 10.0. The standard InChI is InChI=1S/C10H11ClN2O3/c11-5-1-2-6(7(12)3-5)9(14)4-8(13)10(15)16/h1-3,8H,4,12-13H2,(H,15,16)/i2D,3D,4D2. The van der Waals surface area contributed by atoms with E-state index in [1.165, 1.54) is 0 Å². The van der Waals surface area contributed by atoms with Crippen LogP contribution in [0.1, 0.15) is 22.2 Å². The number of benzene rings is 1. The largest absolute Gasteiger partial charge is 0.480 e. The minimum absolute atomic E-state index is 0.174. The molecule has 0 saturated heterocycles. The Kier molecular flexibility index (Phi) is 2.37. The number of ketones is 1. The molecule has 0 amide bonds. The Bertz CT molecular complexity index is 594. The first-order chi connectivity index (χ1) is 9.01. The molecule has 0 fully saturated rings. The van der Waals surface area contributed by atoms with E-state index in [-0.39, 0.29) is 5.02 Å². The van der Waals surface area contributed by atoms with Crippen LogP contribution in [0.3, 0.4) is 0 Å². The minimum atomic E-state index is -2.98. The number of halogens is 1. The Balaban J connectivity index is 3.43. The number of carboxylic acid groups (broad SMARTS) is 1. The quantitative estimate of drug-likeness (QED) is 0.541. The van der Waals surface area contributed by atoms with E-state index in [1.54, 1.807) is 0 Å². The number of carbonyl (C=O) groups excluding carboxylic acids is 1. The van der Waals surface area contributed by atoms with Crippen LogP contribution in [0.15, 0.2) is 18.2 Å². The number of carboxylic acids is 1. The molecule has 0 saturated carbocycles. The highest BCUT2D eigenvalue weighted by atomic mass is 35.5. The van der Waals surface area contributed by atoms with E-state index in [9.17, 15) is 9.59 Å². The van der Waals surface area contributed by atoms with Gasteiger partial charge in [-0.15, -0.1) is 0 Å². The topological polar surface area (TPSA) is 106 Å². The summed E-state index contributed by atoms with van der Waals surface area (Å²) in [5.41, 5.74) is 9.52. The first kappa shape index (κ1) is 7.65. The molecule has 86 valence electrons. The Morgan fingerprint density at radius 2 is 2.31 bits per heavy atom. The van der Waals surface area contributed by atoms with Crippen molar-refractivity contribution in [2.45, 2.75) is 12.4 Å². The Hall–Kier alpha value is -1.59. The summed E-state index contributed by atoms with van der Waals surface area (Å²) in [6.45, 7) is 0. The zero-order chi connectivity index (χ0) is 15.8. The molecule has 1 unspecified atom stereocenters. The van der Waals surface area contributed by atoms with Crippen LogP contribution in [-0.2, 0) is 4.79 Å². The zero-order valence-corrected chi connectivity index (χ0v) is 8.71. The van der Waals surface area contributed by atoms with Gasteiger partial charge < -0.3 is 16.6 Å². The van der Waals surface area contributed by atoms with Gasteiger partial charge in [-0.2, -0.15) is 0 Å². The molecule has 0 heterocycles. The number of rotatable bonds is 4. The molecule has 0 spiro atoms. The van der Waals surface area contributed by atoms with Crippen LogP contribution in [0.2, 0.25) is 5.02 Å². The highest BCUT2D eigenvalue weighted by Crippen LogP contribution is 2.19. The molecule has 6 heteroatoms. The van der Waals surface area contributed by atoms with Crippen molar-refractivity contribution < 1.29 is 20.2 Å². The van der Waals surface area contributed by atoms with Gasteiger partial charge in [0.05, 0.1) is 2.74 Å². The van der Waals surface area contributed by atoms with Crippen LogP contribution in [0, 0.1) is 0 Å². The third kappa shape index (κ3) is 2.95. The van der Waals surface area contributed by atoms with E-state index in [0.717, 1.165) is 6.07 Å². The van der Waals surface area contributed by atoms with Gasteiger partial charge in [-0.1, -0.05) is 11.6 Å². The normalized spacial score (nSPS) is 16.6. The summed E-state index contributed by atoms with van der Waals surface area (Å²) in [5, 5.41) is 8.52. The third-order valence-corrected chi connectivity index (χ3v) is 1.85. The van der Waals surface area contributed by atoms with Crippen LogP contribution in [-0.4, -0.2) is 22.9 Å². The van der Waals surface area contributed by atoms with Gasteiger partial charge in [0.1, 0.15) is 6.04 Å². The molecular weight excluding hydrogens is 232 g/mol. The number of nitrogens with two attached hydrogens (primary N) is 2. The van der Waals surface area contributed by atoms with Crippen molar-refractivity contribution in [2.75, 3.05) is 5.73 Å². The molecule has 5 nitrogen and oxygen atoms in total. The van der Waals surface area contributed by atoms with Crippen LogP contribution in [0.25, 0.3) is 0 Å². The average Bonchev–Trinajstić information content (AvgIpc) is 2.34. The van der Waals surface area contributed by atoms with Crippen molar-refractivity contribution >= 4 is 29.0 Å². The van der Waals surface area contributed by atoms with E-state index in [2.05, 4.69) is 0 Å². The summed E-state index contributed by atoms with van der Waals surface area (Å²) >= 11 is 5.61. The molecule has 1 rings (SSSR count). The van der Waals surface area contributed by atoms with E-state index < -0.39 is 47.5 Å². The third-order valence-electron chi connectivity index (χ3n) is 1.65. The van der Waals surface area contributed by atoms with Crippen molar-refractivity contribution in [1.82, 2.24) is 0 Å². The number of carbonyl (C=O) groups is 2. The van der Waals surface area contributed by atoms with Crippen molar-refractivity contribution in [2.24, 2.45) is 5.73 Å². The van der Waals surface area contributed by atoms with Gasteiger partial charge in [-0.05, 0) is 18.2 Å². The van der Waals surface area contributed by atoms with Gasteiger partial charge in [-0.25, -0.2) is 0 Å². The van der Waals surface area contributed by atoms with Crippen LogP contribution >= 0.6 is 11.6 Å². The lowest BCUT2D eigenvalue weighted by molar-refractivity contribution is -0.138. The fourth-order valence-electron chi connectivity index (χ4n) is 0.904. The van der Waals surface area contributed by atoms with Gasteiger partial charge in [0.15, 0.2) is 5.78 Å². The fraction of sp³-hybridized carbons (Fsp3) is 0.200. The molecule has 0 bridgehead atoms. The second-order valence-electron chi connectivity index (χ2n) is 2.84. The van der Waals surface area contributed by atoms with Crippen LogP contribution < -0.4 is 11.5 Å². The molecule has 0 aromatic heterocycles. The second-order valence-corrected chi connectivity index (χ2v) is 3.25. The fourth-order valence-corrected chi connectivity index (χ4v) is 1.06. The summed E-state index contributed by atoms with van der Waals surface area (Å²) in [6.07, 6.45) is -2.98. The maximum absolute atomic E-state index is 12.1. The highest BCUT2D eigenvalue weighted by molar-refractivity contribution is 6.31. The summed E-state index contributed by atoms with van der Waals surface area (Å²) in [4.78, 5) is 22.8. The van der Waals surface area contributed by atoms with Gasteiger partial charge in [0.25, 0.3) is 0 Å². The van der Waals surface area contributed by atoms with Crippen LogP contribution in [0.4, 0.5) is 5.69 Å². The predicted octanol–water partition coefficient (Wildman–Crippen LogP) is 0.907. The monoisotopic (exact) mass is 246 g/mol. The smallest absolute Gasteiger partial charge is 0.320 e. The Morgan fingerprint density at radius 1 is 1.69 bits per heavy atom. The lowest BCUT2D eigenvalue weighted by Gasteiger charge is -2.07. The van der Waals surface area contributed by atoms with E-state index in [0.29, 0.717) is 0 Å². The van der Waals surface area contributed by atoms with Gasteiger partial charge in [0, 0.05) is 25.4 Å². The molecule has 0 aliphatic carbocycles. The SMILES string of the molecule is [2H]c1cc(Cl)c([2H])c(N)c1C(=O)C([2H])([2H])C(N)C(=O)O. The van der Waals surface area contributed by atoms with Gasteiger partial charge in [0.2, 0.25) is 0 Å².